The van der Waals surface area contributed by atoms with Crippen LogP contribution in [0, 0.1) is 0 Å². The molecule has 0 N–H and O–H groups in total. The highest BCUT2D eigenvalue weighted by atomic mass is 79.9. The van der Waals surface area contributed by atoms with E-state index in [1.807, 2.05) is 4.52 Å². The molecule has 2 aromatic heterocycles. The third-order valence-corrected chi connectivity index (χ3v) is 3.52. The van der Waals surface area contributed by atoms with Crippen LogP contribution in [0.15, 0.2) is 16.7 Å². The van der Waals surface area contributed by atoms with Gasteiger partial charge in [0.1, 0.15) is 4.60 Å². The van der Waals surface area contributed by atoms with Crippen molar-refractivity contribution in [2.75, 3.05) is 0 Å². The first-order valence-electron chi connectivity index (χ1n) is 5.83. The summed E-state index contributed by atoms with van der Waals surface area (Å²) in [6.45, 7) is 2.19. The molecule has 0 unspecified atom stereocenters. The second kappa shape index (κ2) is 3.84. The summed E-state index contributed by atoms with van der Waals surface area (Å²) in [6.07, 6.45) is 4.75. The Balaban J connectivity index is 2.10. The SMILES string of the molecule is CCCc1cc(Br)n2nc(C3CC3)nc2c1. The van der Waals surface area contributed by atoms with E-state index in [1.54, 1.807) is 0 Å². The third-order valence-electron chi connectivity index (χ3n) is 2.95. The Morgan fingerprint density at radius 1 is 1.44 bits per heavy atom. The molecule has 16 heavy (non-hydrogen) atoms. The number of aromatic nitrogens is 3. The summed E-state index contributed by atoms with van der Waals surface area (Å²) in [5.41, 5.74) is 2.30. The number of halogens is 1. The number of fused-ring (bicyclic) bond motifs is 1. The fraction of sp³-hybridized carbons (Fsp3) is 0.500. The van der Waals surface area contributed by atoms with Gasteiger partial charge in [0.05, 0.1) is 0 Å². The van der Waals surface area contributed by atoms with Gasteiger partial charge in [-0.05, 0) is 52.9 Å². The molecule has 0 radical (unpaired) electrons. The van der Waals surface area contributed by atoms with Gasteiger partial charge in [0.15, 0.2) is 11.5 Å². The molecule has 1 aliphatic rings. The fourth-order valence-electron chi connectivity index (χ4n) is 1.96. The first-order valence-corrected chi connectivity index (χ1v) is 6.62. The molecule has 2 aromatic rings. The smallest absolute Gasteiger partial charge is 0.157 e. The van der Waals surface area contributed by atoms with E-state index in [4.69, 9.17) is 0 Å². The quantitative estimate of drug-likeness (QED) is 0.807. The van der Waals surface area contributed by atoms with E-state index in [1.165, 1.54) is 18.4 Å². The van der Waals surface area contributed by atoms with E-state index in [9.17, 15) is 0 Å². The summed E-state index contributed by atoms with van der Waals surface area (Å²) in [7, 11) is 0. The van der Waals surface area contributed by atoms with E-state index in [0.717, 1.165) is 28.9 Å². The number of nitrogens with zero attached hydrogens (tertiary/aromatic N) is 3. The maximum atomic E-state index is 4.60. The van der Waals surface area contributed by atoms with Gasteiger partial charge in [-0.2, -0.15) is 0 Å². The molecular weight excluding hydrogens is 266 g/mol. The van der Waals surface area contributed by atoms with Crippen LogP contribution in [-0.4, -0.2) is 14.6 Å². The van der Waals surface area contributed by atoms with Crippen LogP contribution in [-0.2, 0) is 6.42 Å². The maximum Gasteiger partial charge on any atom is 0.157 e. The molecule has 2 heterocycles. The number of aryl methyl sites for hydroxylation is 1. The predicted molar refractivity (Wildman–Crippen MR) is 66.7 cm³/mol. The Bertz CT molecular complexity index is 528. The van der Waals surface area contributed by atoms with E-state index in [2.05, 4.69) is 45.1 Å². The first-order chi connectivity index (χ1) is 7.78. The third kappa shape index (κ3) is 1.75. The fourth-order valence-corrected chi connectivity index (χ4v) is 2.52. The first kappa shape index (κ1) is 10.3. The standard InChI is InChI=1S/C12H14BrN3/c1-2-3-8-6-10(13)16-11(7-8)14-12(15-16)9-4-5-9/h6-7,9H,2-5H2,1H3. The number of hydrogen-bond acceptors (Lipinski definition) is 2. The summed E-state index contributed by atoms with van der Waals surface area (Å²) in [5.74, 6) is 1.62. The van der Waals surface area contributed by atoms with Crippen LogP contribution in [0.1, 0.15) is 43.5 Å². The number of rotatable bonds is 3. The zero-order valence-corrected chi connectivity index (χ0v) is 10.9. The van der Waals surface area contributed by atoms with E-state index in [-0.39, 0.29) is 0 Å². The van der Waals surface area contributed by atoms with Gasteiger partial charge in [0.2, 0.25) is 0 Å². The Labute approximate surface area is 103 Å². The van der Waals surface area contributed by atoms with Gasteiger partial charge >= 0.3 is 0 Å². The number of pyridine rings is 1. The molecule has 0 aromatic carbocycles. The zero-order valence-electron chi connectivity index (χ0n) is 9.28. The normalized spacial score (nSPS) is 15.9. The van der Waals surface area contributed by atoms with Gasteiger partial charge in [-0.1, -0.05) is 13.3 Å². The topological polar surface area (TPSA) is 30.2 Å². The van der Waals surface area contributed by atoms with Crippen molar-refractivity contribution in [3.8, 4) is 0 Å². The molecular formula is C12H14BrN3. The van der Waals surface area contributed by atoms with Crippen LogP contribution in [0.25, 0.3) is 5.65 Å². The monoisotopic (exact) mass is 279 g/mol. The van der Waals surface area contributed by atoms with Crippen molar-refractivity contribution < 1.29 is 0 Å². The highest BCUT2D eigenvalue weighted by Crippen LogP contribution is 2.38. The van der Waals surface area contributed by atoms with Crippen LogP contribution < -0.4 is 0 Å². The average Bonchev–Trinajstić information content (AvgIpc) is 3.00. The van der Waals surface area contributed by atoms with Gasteiger partial charge in [0, 0.05) is 5.92 Å². The van der Waals surface area contributed by atoms with Crippen LogP contribution >= 0.6 is 15.9 Å². The molecule has 0 atom stereocenters. The molecule has 0 bridgehead atoms. The molecule has 0 aliphatic heterocycles. The summed E-state index contributed by atoms with van der Waals surface area (Å²) >= 11 is 3.56. The van der Waals surface area contributed by atoms with Gasteiger partial charge in [-0.15, -0.1) is 5.10 Å². The average molecular weight is 280 g/mol. The highest BCUT2D eigenvalue weighted by molar-refractivity contribution is 9.10. The van der Waals surface area contributed by atoms with Gasteiger partial charge in [-0.25, -0.2) is 9.50 Å². The molecule has 1 aliphatic carbocycles. The highest BCUT2D eigenvalue weighted by Gasteiger charge is 2.28. The van der Waals surface area contributed by atoms with Crippen LogP contribution in [0.5, 0.6) is 0 Å². The van der Waals surface area contributed by atoms with Crippen molar-refractivity contribution in [2.24, 2.45) is 0 Å². The molecule has 0 saturated heterocycles. The Hall–Kier alpha value is -0.900. The number of hydrogen-bond donors (Lipinski definition) is 0. The zero-order chi connectivity index (χ0) is 11.1. The van der Waals surface area contributed by atoms with Crippen molar-refractivity contribution in [3.05, 3.63) is 28.1 Å². The lowest BCUT2D eigenvalue weighted by atomic mass is 10.1. The molecule has 1 fully saturated rings. The minimum atomic E-state index is 0.612. The van der Waals surface area contributed by atoms with Crippen molar-refractivity contribution in [1.82, 2.24) is 14.6 Å². The minimum Gasteiger partial charge on any atom is -0.212 e. The van der Waals surface area contributed by atoms with Crippen molar-refractivity contribution in [2.45, 2.75) is 38.5 Å². The minimum absolute atomic E-state index is 0.612. The molecule has 3 nitrogen and oxygen atoms in total. The van der Waals surface area contributed by atoms with Crippen LogP contribution in [0.4, 0.5) is 0 Å². The lowest BCUT2D eigenvalue weighted by Crippen LogP contribution is -1.93. The summed E-state index contributed by atoms with van der Waals surface area (Å²) < 4.78 is 2.90. The Kier molecular flexibility index (Phi) is 2.46. The van der Waals surface area contributed by atoms with Crippen molar-refractivity contribution >= 4 is 21.6 Å². The second-order valence-corrected chi connectivity index (χ2v) is 5.26. The molecule has 84 valence electrons. The van der Waals surface area contributed by atoms with E-state index in [0.29, 0.717) is 5.92 Å². The lowest BCUT2D eigenvalue weighted by molar-refractivity contribution is 0.855. The summed E-state index contributed by atoms with van der Waals surface area (Å²) in [5, 5.41) is 4.53. The predicted octanol–water partition coefficient (Wildman–Crippen LogP) is 3.32. The molecule has 4 heteroatoms. The van der Waals surface area contributed by atoms with Gasteiger partial charge < -0.3 is 0 Å². The van der Waals surface area contributed by atoms with Gasteiger partial charge in [-0.3, -0.25) is 0 Å². The largest absolute Gasteiger partial charge is 0.212 e. The van der Waals surface area contributed by atoms with Crippen LogP contribution in [0.3, 0.4) is 0 Å². The molecule has 3 rings (SSSR count). The molecule has 0 spiro atoms. The molecule has 0 amide bonds. The summed E-state index contributed by atoms with van der Waals surface area (Å²) in [6, 6.07) is 4.29. The summed E-state index contributed by atoms with van der Waals surface area (Å²) in [4.78, 5) is 4.60. The molecule has 1 saturated carbocycles. The van der Waals surface area contributed by atoms with E-state index < -0.39 is 0 Å². The lowest BCUT2D eigenvalue weighted by Gasteiger charge is -2.01. The maximum absolute atomic E-state index is 4.60. The van der Waals surface area contributed by atoms with Gasteiger partial charge in [0.25, 0.3) is 0 Å². The van der Waals surface area contributed by atoms with Crippen LogP contribution in [0.2, 0.25) is 0 Å². The Morgan fingerprint density at radius 3 is 2.94 bits per heavy atom. The van der Waals surface area contributed by atoms with Crippen molar-refractivity contribution in [1.29, 1.82) is 0 Å². The van der Waals surface area contributed by atoms with Crippen molar-refractivity contribution in [3.63, 3.8) is 0 Å². The second-order valence-electron chi connectivity index (χ2n) is 4.45. The Morgan fingerprint density at radius 2 is 2.25 bits per heavy atom. The van der Waals surface area contributed by atoms with E-state index >= 15 is 0 Å².